The van der Waals surface area contributed by atoms with Gasteiger partial charge in [-0.05, 0) is 37.5 Å². The normalized spacial score (nSPS) is 21.7. The van der Waals surface area contributed by atoms with Gasteiger partial charge in [-0.25, -0.2) is 0 Å². The zero-order valence-corrected chi connectivity index (χ0v) is 13.1. The Labute approximate surface area is 129 Å². The van der Waals surface area contributed by atoms with E-state index < -0.39 is 0 Å². The van der Waals surface area contributed by atoms with Crippen molar-refractivity contribution in [2.24, 2.45) is 0 Å². The van der Waals surface area contributed by atoms with Crippen LogP contribution in [0.2, 0.25) is 0 Å². The molecule has 0 amide bonds. The number of benzene rings is 1. The van der Waals surface area contributed by atoms with Gasteiger partial charge in [-0.15, -0.1) is 0 Å². The molecule has 0 aliphatic carbocycles. The first-order valence-electron chi connectivity index (χ1n) is 7.81. The Balaban J connectivity index is 2.29. The van der Waals surface area contributed by atoms with Crippen LogP contribution in [0, 0.1) is 0 Å². The van der Waals surface area contributed by atoms with Crippen LogP contribution in [0.3, 0.4) is 0 Å². The highest BCUT2D eigenvalue weighted by Crippen LogP contribution is 2.19. The molecule has 0 N–H and O–H groups in total. The van der Waals surface area contributed by atoms with Crippen LogP contribution in [0.4, 0.5) is 5.69 Å². The number of hydrogen-bond acceptors (Lipinski definition) is 1. The van der Waals surface area contributed by atoms with Crippen molar-refractivity contribution in [2.75, 3.05) is 11.4 Å². The summed E-state index contributed by atoms with van der Waals surface area (Å²) in [5.74, 6) is 0. The lowest BCUT2D eigenvalue weighted by atomic mass is 10.1. The Bertz CT molecular complexity index is 546. The van der Waals surface area contributed by atoms with Gasteiger partial charge in [0.05, 0.1) is 0 Å². The molecule has 1 aliphatic rings. The molecule has 1 nitrogen and oxygen atoms in total. The van der Waals surface area contributed by atoms with Gasteiger partial charge in [0.2, 0.25) is 0 Å². The Morgan fingerprint density at radius 2 is 1.90 bits per heavy atom. The van der Waals surface area contributed by atoms with Crippen molar-refractivity contribution < 1.29 is 0 Å². The second-order valence-electron chi connectivity index (χ2n) is 5.49. The molecule has 0 aromatic heterocycles. The number of rotatable bonds is 4. The lowest BCUT2D eigenvalue weighted by Gasteiger charge is -2.20. The highest BCUT2D eigenvalue weighted by molar-refractivity contribution is 5.51. The summed E-state index contributed by atoms with van der Waals surface area (Å²) in [5, 5.41) is 0. The quantitative estimate of drug-likeness (QED) is 0.689. The van der Waals surface area contributed by atoms with E-state index in [1.54, 1.807) is 0 Å². The van der Waals surface area contributed by atoms with Crippen molar-refractivity contribution in [3.05, 3.63) is 78.1 Å². The highest BCUT2D eigenvalue weighted by atomic mass is 15.1. The summed E-state index contributed by atoms with van der Waals surface area (Å²) in [6, 6.07) is 10.6. The van der Waals surface area contributed by atoms with E-state index in [1.807, 2.05) is 0 Å². The Hall–Kier alpha value is -2.02. The van der Waals surface area contributed by atoms with Crippen LogP contribution < -0.4 is 4.90 Å². The van der Waals surface area contributed by atoms with Crippen LogP contribution in [0.1, 0.15) is 33.1 Å². The summed E-state index contributed by atoms with van der Waals surface area (Å²) in [5.41, 5.74) is 4.06. The van der Waals surface area contributed by atoms with Crippen molar-refractivity contribution in [3.63, 3.8) is 0 Å². The predicted octanol–water partition coefficient (Wildman–Crippen LogP) is 5.64. The Morgan fingerprint density at radius 1 is 1.14 bits per heavy atom. The number of para-hydroxylation sites is 1. The van der Waals surface area contributed by atoms with Crippen molar-refractivity contribution in [3.8, 4) is 0 Å². The molecule has 1 aromatic carbocycles. The molecule has 0 radical (unpaired) electrons. The average molecular weight is 279 g/mol. The average Bonchev–Trinajstić information content (AvgIpc) is 2.60. The molecule has 1 heterocycles. The number of hydrogen-bond donors (Lipinski definition) is 0. The van der Waals surface area contributed by atoms with E-state index in [9.17, 15) is 0 Å². The minimum absolute atomic E-state index is 0.901. The summed E-state index contributed by atoms with van der Waals surface area (Å²) in [6.45, 7) is 5.36. The maximum Gasteiger partial charge on any atom is 0.0409 e. The van der Waals surface area contributed by atoms with E-state index in [2.05, 4.69) is 85.7 Å². The molecule has 0 saturated heterocycles. The molecule has 1 aromatic rings. The smallest absolute Gasteiger partial charge is 0.0409 e. The number of nitrogens with zero attached hydrogens (tertiary/aromatic N) is 1. The molecular formula is C20H25N. The van der Waals surface area contributed by atoms with Gasteiger partial charge in [-0.3, -0.25) is 0 Å². The summed E-state index contributed by atoms with van der Waals surface area (Å²) >= 11 is 0. The van der Waals surface area contributed by atoms with Crippen molar-refractivity contribution in [1.82, 2.24) is 0 Å². The minimum atomic E-state index is 0.901. The molecule has 21 heavy (non-hydrogen) atoms. The fourth-order valence-electron chi connectivity index (χ4n) is 2.52. The van der Waals surface area contributed by atoms with E-state index in [0.29, 0.717) is 0 Å². The van der Waals surface area contributed by atoms with E-state index >= 15 is 0 Å². The topological polar surface area (TPSA) is 3.24 Å². The van der Waals surface area contributed by atoms with E-state index in [4.69, 9.17) is 0 Å². The lowest BCUT2D eigenvalue weighted by Crippen LogP contribution is -2.16. The van der Waals surface area contributed by atoms with Crippen LogP contribution in [-0.2, 0) is 0 Å². The van der Waals surface area contributed by atoms with Gasteiger partial charge in [0.15, 0.2) is 0 Å². The second-order valence-corrected chi connectivity index (χ2v) is 5.49. The zero-order chi connectivity index (χ0) is 14.9. The van der Waals surface area contributed by atoms with Crippen LogP contribution >= 0.6 is 0 Å². The fraction of sp³-hybridized carbons (Fsp3) is 0.300. The van der Waals surface area contributed by atoms with Gasteiger partial charge in [0, 0.05) is 18.4 Å². The van der Waals surface area contributed by atoms with Gasteiger partial charge >= 0.3 is 0 Å². The molecule has 0 saturated carbocycles. The van der Waals surface area contributed by atoms with E-state index in [0.717, 1.165) is 13.0 Å². The van der Waals surface area contributed by atoms with Crippen molar-refractivity contribution in [1.29, 1.82) is 0 Å². The maximum atomic E-state index is 2.34. The van der Waals surface area contributed by atoms with Crippen molar-refractivity contribution in [2.45, 2.75) is 33.1 Å². The van der Waals surface area contributed by atoms with Crippen LogP contribution in [0.25, 0.3) is 0 Å². The summed E-state index contributed by atoms with van der Waals surface area (Å²) in [7, 11) is 0. The molecule has 1 heteroatoms. The molecule has 0 unspecified atom stereocenters. The van der Waals surface area contributed by atoms with Crippen LogP contribution in [0.5, 0.6) is 0 Å². The lowest BCUT2D eigenvalue weighted by molar-refractivity contribution is 0.902. The third-order valence-electron chi connectivity index (χ3n) is 3.52. The monoisotopic (exact) mass is 279 g/mol. The highest BCUT2D eigenvalue weighted by Gasteiger charge is 2.04. The fourth-order valence-corrected chi connectivity index (χ4v) is 2.52. The zero-order valence-electron chi connectivity index (χ0n) is 13.1. The molecule has 2 rings (SSSR count). The second kappa shape index (κ2) is 8.31. The molecule has 1 aliphatic heterocycles. The van der Waals surface area contributed by atoms with Crippen LogP contribution in [0.15, 0.2) is 78.1 Å². The van der Waals surface area contributed by atoms with E-state index in [1.165, 1.54) is 29.7 Å². The molecule has 0 bridgehead atoms. The maximum absolute atomic E-state index is 2.34. The predicted molar refractivity (Wildman–Crippen MR) is 93.4 cm³/mol. The minimum Gasteiger partial charge on any atom is -0.344 e. The molecular weight excluding hydrogens is 254 g/mol. The molecule has 0 fully saturated rings. The van der Waals surface area contributed by atoms with E-state index in [-0.39, 0.29) is 0 Å². The van der Waals surface area contributed by atoms with Crippen molar-refractivity contribution >= 4 is 5.69 Å². The Morgan fingerprint density at radius 3 is 2.67 bits per heavy atom. The summed E-state index contributed by atoms with van der Waals surface area (Å²) < 4.78 is 0. The SMILES string of the molecule is CCC/C(C)=C\C1=C\N(c2ccccc2)C/C=C\C=C/C1. The number of anilines is 1. The number of allylic oxidation sites excluding steroid dienone is 6. The van der Waals surface area contributed by atoms with Crippen LogP contribution in [-0.4, -0.2) is 6.54 Å². The third kappa shape index (κ3) is 5.11. The molecule has 110 valence electrons. The third-order valence-corrected chi connectivity index (χ3v) is 3.52. The van der Waals surface area contributed by atoms with Gasteiger partial charge in [0.1, 0.15) is 0 Å². The first kappa shape index (κ1) is 15.4. The first-order chi connectivity index (χ1) is 10.3. The van der Waals surface area contributed by atoms with Gasteiger partial charge in [-0.2, -0.15) is 0 Å². The summed E-state index contributed by atoms with van der Waals surface area (Å²) in [4.78, 5) is 2.31. The first-order valence-corrected chi connectivity index (χ1v) is 7.81. The standard InChI is InChI=1S/C20H25N/c1-3-11-18(2)16-19-12-7-4-5-10-15-21(17-19)20-13-8-6-9-14-20/h4-10,13-14,16-17H,3,11-12,15H2,1-2H3/b7-4-,10-5-,18-16-,19-17+. The van der Waals surface area contributed by atoms with Gasteiger partial charge in [0.25, 0.3) is 0 Å². The Kier molecular flexibility index (Phi) is 6.08. The van der Waals surface area contributed by atoms with Gasteiger partial charge < -0.3 is 4.90 Å². The summed E-state index contributed by atoms with van der Waals surface area (Å²) in [6.07, 6.45) is 16.7. The largest absolute Gasteiger partial charge is 0.344 e. The molecule has 0 spiro atoms. The molecule has 0 atom stereocenters. The van der Waals surface area contributed by atoms with Gasteiger partial charge in [-0.1, -0.05) is 67.5 Å².